The van der Waals surface area contributed by atoms with Crippen LogP contribution in [-0.2, 0) is 14.3 Å². The number of nitrogens with one attached hydrogen (secondary N) is 1. The fourth-order valence-corrected chi connectivity index (χ4v) is 3.03. The van der Waals surface area contributed by atoms with Crippen molar-refractivity contribution in [3.63, 3.8) is 0 Å². The van der Waals surface area contributed by atoms with Crippen LogP contribution in [0.25, 0.3) is 22.8 Å². The third kappa shape index (κ3) is 6.67. The van der Waals surface area contributed by atoms with E-state index in [1.165, 1.54) is 12.0 Å². The van der Waals surface area contributed by atoms with Crippen LogP contribution in [0.1, 0.15) is 0 Å². The second-order valence-corrected chi connectivity index (χ2v) is 8.68. The molecular weight excluding hydrogens is 452 g/mol. The van der Waals surface area contributed by atoms with Crippen LogP contribution in [0.4, 0.5) is 4.79 Å². The molecule has 0 unspecified atom stereocenters. The fourth-order valence-electron chi connectivity index (χ4n) is 2.65. The van der Waals surface area contributed by atoms with E-state index in [-0.39, 0.29) is 19.0 Å². The Labute approximate surface area is 191 Å². The van der Waals surface area contributed by atoms with Crippen molar-refractivity contribution in [1.82, 2.24) is 20.1 Å². The van der Waals surface area contributed by atoms with E-state index >= 15 is 0 Å². The van der Waals surface area contributed by atoms with Crippen molar-refractivity contribution in [2.24, 2.45) is 0 Å². The van der Waals surface area contributed by atoms with Crippen LogP contribution in [0, 0.1) is 0 Å². The average molecular weight is 477 g/mol. The summed E-state index contributed by atoms with van der Waals surface area (Å²) < 4.78 is 42.6. The van der Waals surface area contributed by atoms with Crippen LogP contribution in [0.2, 0.25) is 0 Å². The number of carbonyl (C=O) groups is 1. The first kappa shape index (κ1) is 24.0. The molecule has 3 aromatic rings. The standard InChI is InChI=1S/C21H24N4O7S/c1-25(2)21(26)32-18-13-15(7-10-17(18)29-3)20-22-19(23-24-20)14-5-8-16(9-6-14)30-11-12-31-33(4,27)28/h5-10,13H,11-12H2,1-4H3,(H,22,23,24). The molecule has 0 aliphatic rings. The van der Waals surface area contributed by atoms with Gasteiger partial charge in [-0.1, -0.05) is 0 Å². The number of rotatable bonds is 9. The second kappa shape index (κ2) is 10.3. The number of ether oxygens (including phenoxy) is 3. The lowest BCUT2D eigenvalue weighted by Gasteiger charge is -2.13. The van der Waals surface area contributed by atoms with Gasteiger partial charge in [-0.15, -0.1) is 0 Å². The molecule has 12 heteroatoms. The Morgan fingerprint density at radius 3 is 2.36 bits per heavy atom. The van der Waals surface area contributed by atoms with Crippen molar-refractivity contribution >= 4 is 16.2 Å². The number of nitrogens with zero attached hydrogens (tertiary/aromatic N) is 3. The van der Waals surface area contributed by atoms with Crippen molar-refractivity contribution in [1.29, 1.82) is 0 Å². The molecule has 3 rings (SSSR count). The van der Waals surface area contributed by atoms with Crippen molar-refractivity contribution in [2.45, 2.75) is 0 Å². The lowest BCUT2D eigenvalue weighted by atomic mass is 10.2. The number of carbonyl (C=O) groups excluding carboxylic acids is 1. The van der Waals surface area contributed by atoms with E-state index < -0.39 is 16.2 Å². The van der Waals surface area contributed by atoms with Gasteiger partial charge in [0.1, 0.15) is 19.0 Å². The summed E-state index contributed by atoms with van der Waals surface area (Å²) >= 11 is 0. The molecule has 33 heavy (non-hydrogen) atoms. The number of aromatic amines is 1. The van der Waals surface area contributed by atoms with Crippen LogP contribution in [0.5, 0.6) is 17.2 Å². The van der Waals surface area contributed by atoms with E-state index in [0.717, 1.165) is 11.8 Å². The maximum Gasteiger partial charge on any atom is 0.414 e. The summed E-state index contributed by atoms with van der Waals surface area (Å²) in [6.45, 7) is 0.0246. The molecule has 1 aromatic heterocycles. The van der Waals surface area contributed by atoms with E-state index in [1.807, 2.05) is 0 Å². The summed E-state index contributed by atoms with van der Waals surface area (Å²) in [5, 5.41) is 7.13. The molecule has 0 aliphatic heterocycles. The lowest BCUT2D eigenvalue weighted by Crippen LogP contribution is -2.25. The normalized spacial score (nSPS) is 11.2. The zero-order chi connectivity index (χ0) is 24.0. The molecule has 0 aliphatic carbocycles. The Hall–Kier alpha value is -3.64. The highest BCUT2D eigenvalue weighted by Gasteiger charge is 2.15. The molecule has 1 N–H and O–H groups in total. The van der Waals surface area contributed by atoms with Crippen LogP contribution >= 0.6 is 0 Å². The van der Waals surface area contributed by atoms with Crippen LogP contribution < -0.4 is 14.2 Å². The summed E-state index contributed by atoms with van der Waals surface area (Å²) in [6.07, 6.45) is 0.447. The summed E-state index contributed by atoms with van der Waals surface area (Å²) in [6, 6.07) is 12.1. The first-order chi connectivity index (χ1) is 15.7. The fraction of sp³-hybridized carbons (Fsp3) is 0.286. The van der Waals surface area contributed by atoms with Gasteiger partial charge in [-0.05, 0) is 42.5 Å². The Balaban J connectivity index is 1.71. The quantitative estimate of drug-likeness (QED) is 0.365. The molecule has 0 atom stereocenters. The van der Waals surface area contributed by atoms with Crippen molar-refractivity contribution in [2.75, 3.05) is 40.7 Å². The number of amides is 1. The molecule has 176 valence electrons. The van der Waals surface area contributed by atoms with Crippen LogP contribution in [-0.4, -0.2) is 75.3 Å². The van der Waals surface area contributed by atoms with E-state index in [2.05, 4.69) is 19.4 Å². The zero-order valence-corrected chi connectivity index (χ0v) is 19.4. The topological polar surface area (TPSA) is 133 Å². The van der Waals surface area contributed by atoms with Gasteiger partial charge in [0.15, 0.2) is 23.1 Å². The Morgan fingerprint density at radius 1 is 1.03 bits per heavy atom. The number of hydrogen-bond acceptors (Lipinski definition) is 9. The number of methoxy groups -OCH3 is 1. The van der Waals surface area contributed by atoms with Gasteiger partial charge in [-0.3, -0.25) is 9.28 Å². The predicted molar refractivity (Wildman–Crippen MR) is 120 cm³/mol. The molecule has 0 saturated carbocycles. The Bertz CT molecular complexity index is 1210. The maximum atomic E-state index is 11.9. The summed E-state index contributed by atoms with van der Waals surface area (Å²) in [7, 11) is 1.16. The molecule has 0 saturated heterocycles. The molecular formula is C21H24N4O7S. The largest absolute Gasteiger partial charge is 0.493 e. The number of hydrogen-bond donors (Lipinski definition) is 1. The Morgan fingerprint density at radius 2 is 1.73 bits per heavy atom. The van der Waals surface area contributed by atoms with Gasteiger partial charge in [0.25, 0.3) is 10.1 Å². The van der Waals surface area contributed by atoms with Gasteiger partial charge in [0.2, 0.25) is 0 Å². The van der Waals surface area contributed by atoms with Gasteiger partial charge >= 0.3 is 6.09 Å². The predicted octanol–water partition coefficient (Wildman–Crippen LogP) is 2.56. The monoisotopic (exact) mass is 476 g/mol. The lowest BCUT2D eigenvalue weighted by molar-refractivity contribution is 0.170. The van der Waals surface area contributed by atoms with Crippen molar-refractivity contribution in [3.8, 4) is 40.0 Å². The molecule has 0 spiro atoms. The minimum Gasteiger partial charge on any atom is -0.493 e. The average Bonchev–Trinajstić information content (AvgIpc) is 3.26. The first-order valence-corrected chi connectivity index (χ1v) is 11.6. The van der Waals surface area contributed by atoms with Crippen molar-refractivity contribution in [3.05, 3.63) is 42.5 Å². The van der Waals surface area contributed by atoms with E-state index in [0.29, 0.717) is 28.7 Å². The van der Waals surface area contributed by atoms with Crippen LogP contribution in [0.15, 0.2) is 42.5 Å². The minimum absolute atomic E-state index is 0.0697. The molecule has 0 bridgehead atoms. The maximum absolute atomic E-state index is 11.9. The third-order valence-corrected chi connectivity index (χ3v) is 4.84. The SMILES string of the molecule is COc1ccc(-c2n[nH]c(-c3ccc(OCCOS(C)(=O)=O)cc3)n2)cc1OC(=O)N(C)C. The van der Waals surface area contributed by atoms with Gasteiger partial charge < -0.3 is 19.1 Å². The summed E-state index contributed by atoms with van der Waals surface area (Å²) in [5.41, 5.74) is 1.40. The molecule has 0 fully saturated rings. The minimum atomic E-state index is -3.49. The highest BCUT2D eigenvalue weighted by Crippen LogP contribution is 2.32. The number of aromatic nitrogens is 3. The van der Waals surface area contributed by atoms with E-state index in [9.17, 15) is 13.2 Å². The Kier molecular flexibility index (Phi) is 7.51. The smallest absolute Gasteiger partial charge is 0.414 e. The van der Waals surface area contributed by atoms with Gasteiger partial charge in [-0.25, -0.2) is 9.78 Å². The molecule has 11 nitrogen and oxygen atoms in total. The number of H-pyrrole nitrogens is 1. The van der Waals surface area contributed by atoms with Crippen molar-refractivity contribution < 1.29 is 31.6 Å². The third-order valence-electron chi connectivity index (χ3n) is 4.25. The summed E-state index contributed by atoms with van der Waals surface area (Å²) in [5.74, 6) is 2.15. The molecule has 1 heterocycles. The zero-order valence-electron chi connectivity index (χ0n) is 18.6. The van der Waals surface area contributed by atoms with E-state index in [1.54, 1.807) is 56.6 Å². The van der Waals surface area contributed by atoms with Gasteiger partial charge in [0, 0.05) is 25.2 Å². The summed E-state index contributed by atoms with van der Waals surface area (Å²) in [4.78, 5) is 17.8. The molecule has 2 aromatic carbocycles. The second-order valence-electron chi connectivity index (χ2n) is 7.03. The highest BCUT2D eigenvalue weighted by atomic mass is 32.2. The highest BCUT2D eigenvalue weighted by molar-refractivity contribution is 7.85. The van der Waals surface area contributed by atoms with Crippen LogP contribution in [0.3, 0.4) is 0 Å². The van der Waals surface area contributed by atoms with Gasteiger partial charge in [0.05, 0.1) is 13.4 Å². The van der Waals surface area contributed by atoms with E-state index in [4.69, 9.17) is 14.2 Å². The first-order valence-electron chi connectivity index (χ1n) is 9.74. The van der Waals surface area contributed by atoms with Gasteiger partial charge in [-0.2, -0.15) is 13.5 Å². The number of benzene rings is 2. The molecule has 1 amide bonds. The molecule has 0 radical (unpaired) electrons.